The van der Waals surface area contributed by atoms with Crippen molar-refractivity contribution in [1.82, 2.24) is 15.1 Å². The van der Waals surface area contributed by atoms with Crippen LogP contribution in [0.1, 0.15) is 38.5 Å². The Morgan fingerprint density at radius 1 is 0.964 bits per heavy atom. The Hall–Kier alpha value is -1.99. The van der Waals surface area contributed by atoms with Crippen molar-refractivity contribution in [1.29, 1.82) is 0 Å². The number of amides is 3. The van der Waals surface area contributed by atoms with Gasteiger partial charge in [-0.25, -0.2) is 8.78 Å². The first-order valence-electron chi connectivity index (χ1n) is 10.0. The van der Waals surface area contributed by atoms with Crippen LogP contribution in [-0.4, -0.2) is 71.6 Å². The predicted octanol–water partition coefficient (Wildman–Crippen LogP) is 1.36. The monoisotopic (exact) mass is 395 g/mol. The third-order valence-electron chi connectivity index (χ3n) is 6.90. The third kappa shape index (κ3) is 3.31. The van der Waals surface area contributed by atoms with Crippen molar-refractivity contribution in [3.63, 3.8) is 0 Å². The van der Waals surface area contributed by atoms with Crippen LogP contribution >= 0.6 is 0 Å². The minimum Gasteiger partial charge on any atom is -0.343 e. The molecule has 0 aromatic rings. The van der Waals surface area contributed by atoms with Gasteiger partial charge < -0.3 is 15.1 Å². The molecule has 0 radical (unpaired) electrons. The van der Waals surface area contributed by atoms with Gasteiger partial charge in [0, 0.05) is 32.6 Å². The Balaban J connectivity index is 1.38. The summed E-state index contributed by atoms with van der Waals surface area (Å²) in [4.78, 5) is 39.9. The fourth-order valence-electron chi connectivity index (χ4n) is 6.28. The van der Waals surface area contributed by atoms with Gasteiger partial charge in [-0.15, -0.1) is 0 Å². The molecule has 1 heterocycles. The minimum absolute atomic E-state index is 0.0495. The third-order valence-corrected chi connectivity index (χ3v) is 6.90. The summed E-state index contributed by atoms with van der Waals surface area (Å²) in [7, 11) is 0. The molecule has 4 saturated carbocycles. The Morgan fingerprint density at radius 2 is 1.54 bits per heavy atom. The molecule has 1 aliphatic heterocycles. The van der Waals surface area contributed by atoms with Crippen molar-refractivity contribution in [3.8, 4) is 0 Å². The van der Waals surface area contributed by atoms with E-state index in [1.807, 2.05) is 0 Å². The molecular weight excluding hydrogens is 368 g/mol. The number of nitrogens with zero attached hydrogens (tertiary/aromatic N) is 2. The molecular formula is C20H27F2N3O3. The predicted molar refractivity (Wildman–Crippen MR) is 97.7 cm³/mol. The summed E-state index contributed by atoms with van der Waals surface area (Å²) in [5, 5.41) is 2.45. The van der Waals surface area contributed by atoms with Gasteiger partial charge in [0.05, 0.1) is 12.0 Å². The second kappa shape index (κ2) is 6.52. The van der Waals surface area contributed by atoms with Gasteiger partial charge in [0.2, 0.25) is 17.7 Å². The van der Waals surface area contributed by atoms with E-state index in [1.54, 1.807) is 9.80 Å². The molecule has 2 unspecified atom stereocenters. The zero-order valence-electron chi connectivity index (χ0n) is 16.0. The molecule has 8 heteroatoms. The van der Waals surface area contributed by atoms with Crippen LogP contribution in [0, 0.1) is 11.3 Å². The Kier molecular flexibility index (Phi) is 4.50. The fraction of sp³-hybridized carbons (Fsp3) is 0.750. The van der Waals surface area contributed by atoms with Gasteiger partial charge in [0.15, 0.2) is 0 Å². The van der Waals surface area contributed by atoms with E-state index in [9.17, 15) is 14.4 Å². The molecule has 1 N–H and O–H groups in total. The van der Waals surface area contributed by atoms with Gasteiger partial charge in [0.1, 0.15) is 11.3 Å². The first kappa shape index (κ1) is 19.3. The molecule has 6 nitrogen and oxygen atoms in total. The number of piperazine rings is 1. The minimum atomic E-state index is -1.55. The van der Waals surface area contributed by atoms with Crippen molar-refractivity contribution in [3.05, 3.63) is 12.7 Å². The molecule has 1 saturated heterocycles. The normalized spacial score (nSPS) is 39.0. The molecule has 4 bridgehead atoms. The number of hydrogen-bond acceptors (Lipinski definition) is 3. The van der Waals surface area contributed by atoms with Crippen LogP contribution in [0.5, 0.6) is 0 Å². The molecule has 0 aromatic heterocycles. The van der Waals surface area contributed by atoms with E-state index in [0.29, 0.717) is 45.4 Å². The molecule has 0 aromatic carbocycles. The number of carbonyl (C=O) groups is 3. The van der Waals surface area contributed by atoms with E-state index < -0.39 is 22.7 Å². The summed E-state index contributed by atoms with van der Waals surface area (Å²) >= 11 is 0. The SMILES string of the molecule is C=CC(=O)NCC(=O)N1CCN(C(=O)C23CC4CC(F)(CC(F)(C4)C2)C3)CC1. The highest BCUT2D eigenvalue weighted by Crippen LogP contribution is 2.66. The average molecular weight is 395 g/mol. The van der Waals surface area contributed by atoms with Crippen LogP contribution in [0.2, 0.25) is 0 Å². The van der Waals surface area contributed by atoms with E-state index in [-0.39, 0.29) is 43.5 Å². The number of alkyl halides is 2. The second-order valence-corrected chi connectivity index (χ2v) is 9.19. The lowest BCUT2D eigenvalue weighted by Gasteiger charge is -2.61. The molecule has 5 aliphatic rings. The van der Waals surface area contributed by atoms with Crippen molar-refractivity contribution in [2.24, 2.45) is 11.3 Å². The first-order chi connectivity index (χ1) is 13.2. The molecule has 0 spiro atoms. The van der Waals surface area contributed by atoms with Crippen molar-refractivity contribution in [2.75, 3.05) is 32.7 Å². The quantitative estimate of drug-likeness (QED) is 0.731. The highest BCUT2D eigenvalue weighted by molar-refractivity contribution is 5.91. The Labute approximate surface area is 163 Å². The van der Waals surface area contributed by atoms with E-state index in [0.717, 1.165) is 6.08 Å². The topological polar surface area (TPSA) is 69.7 Å². The standard InChI is InChI=1S/C20H27F2N3O3/c1-2-15(26)23-10-16(27)24-3-5-25(6-4-24)17(28)18-7-14-8-19(21,11-18)13-20(22,9-14)12-18/h2,14H,1,3-13H2,(H,23,26). The van der Waals surface area contributed by atoms with Crippen LogP contribution in [-0.2, 0) is 14.4 Å². The highest BCUT2D eigenvalue weighted by atomic mass is 19.2. The van der Waals surface area contributed by atoms with Gasteiger partial charge in [-0.05, 0) is 44.1 Å². The largest absolute Gasteiger partial charge is 0.343 e. The first-order valence-corrected chi connectivity index (χ1v) is 10.0. The van der Waals surface area contributed by atoms with E-state index in [1.165, 1.54) is 0 Å². The molecule has 5 fully saturated rings. The van der Waals surface area contributed by atoms with Crippen LogP contribution in [0.4, 0.5) is 8.78 Å². The van der Waals surface area contributed by atoms with Crippen LogP contribution < -0.4 is 5.32 Å². The zero-order valence-corrected chi connectivity index (χ0v) is 16.0. The summed E-state index contributed by atoms with van der Waals surface area (Å²) < 4.78 is 30.3. The van der Waals surface area contributed by atoms with E-state index in [2.05, 4.69) is 11.9 Å². The fourth-order valence-corrected chi connectivity index (χ4v) is 6.28. The molecule has 5 rings (SSSR count). The molecule has 4 aliphatic carbocycles. The number of rotatable bonds is 4. The molecule has 2 atom stereocenters. The lowest BCUT2D eigenvalue weighted by molar-refractivity contribution is -0.194. The van der Waals surface area contributed by atoms with Crippen molar-refractivity contribution >= 4 is 17.7 Å². The summed E-state index contributed by atoms with van der Waals surface area (Å²) in [6, 6.07) is 0. The van der Waals surface area contributed by atoms with Crippen LogP contribution in [0.3, 0.4) is 0 Å². The summed E-state index contributed by atoms with van der Waals surface area (Å²) in [5.41, 5.74) is -4.02. The molecule has 3 amide bonds. The van der Waals surface area contributed by atoms with Crippen LogP contribution in [0.25, 0.3) is 0 Å². The maximum atomic E-state index is 15.1. The van der Waals surface area contributed by atoms with Gasteiger partial charge in [-0.1, -0.05) is 6.58 Å². The lowest BCUT2D eigenvalue weighted by atomic mass is 9.47. The van der Waals surface area contributed by atoms with E-state index in [4.69, 9.17) is 0 Å². The Bertz CT molecular complexity index is 701. The summed E-state index contributed by atoms with van der Waals surface area (Å²) in [6.07, 6.45) is 2.64. The second-order valence-electron chi connectivity index (χ2n) is 9.19. The van der Waals surface area contributed by atoms with Gasteiger partial charge in [-0.2, -0.15) is 0 Å². The lowest BCUT2D eigenvalue weighted by Crippen LogP contribution is -2.65. The number of nitrogens with one attached hydrogen (secondary N) is 1. The zero-order chi connectivity index (χ0) is 20.2. The average Bonchev–Trinajstić information content (AvgIpc) is 2.62. The number of halogens is 2. The van der Waals surface area contributed by atoms with Crippen molar-refractivity contribution < 1.29 is 23.2 Å². The van der Waals surface area contributed by atoms with Crippen LogP contribution in [0.15, 0.2) is 12.7 Å². The maximum absolute atomic E-state index is 15.1. The molecule has 154 valence electrons. The number of carbonyl (C=O) groups excluding carboxylic acids is 3. The summed E-state index contributed by atoms with van der Waals surface area (Å²) in [6.45, 7) is 4.64. The maximum Gasteiger partial charge on any atom is 0.243 e. The van der Waals surface area contributed by atoms with E-state index >= 15 is 8.78 Å². The van der Waals surface area contributed by atoms with Gasteiger partial charge in [0.25, 0.3) is 0 Å². The molecule has 28 heavy (non-hydrogen) atoms. The van der Waals surface area contributed by atoms with Gasteiger partial charge in [-0.3, -0.25) is 14.4 Å². The Morgan fingerprint density at radius 3 is 2.07 bits per heavy atom. The van der Waals surface area contributed by atoms with Gasteiger partial charge >= 0.3 is 0 Å². The summed E-state index contributed by atoms with van der Waals surface area (Å²) in [5.74, 6) is -0.828. The van der Waals surface area contributed by atoms with Crippen molar-refractivity contribution in [2.45, 2.75) is 49.9 Å². The number of hydrogen-bond donors (Lipinski definition) is 1. The smallest absolute Gasteiger partial charge is 0.243 e. The highest BCUT2D eigenvalue weighted by Gasteiger charge is 2.67.